The Morgan fingerprint density at radius 2 is 1.05 bits per heavy atom. The third-order valence-electron chi connectivity index (χ3n) is 5.57. The van der Waals surface area contributed by atoms with Gasteiger partial charge < -0.3 is 21.7 Å². The van der Waals surface area contributed by atoms with E-state index in [9.17, 15) is 22.1 Å². The molecule has 0 spiro atoms. The Bertz CT molecular complexity index is 1480. The molecule has 0 atom stereocenters. The van der Waals surface area contributed by atoms with Gasteiger partial charge in [0.2, 0.25) is 5.78 Å². The second-order valence-corrected chi connectivity index (χ2v) is 15.1. The Morgan fingerprint density at radius 3 is 1.49 bits per heavy atom. The Labute approximate surface area is 235 Å². The van der Waals surface area contributed by atoms with Crippen LogP contribution >= 0.6 is 6.89 Å². The summed E-state index contributed by atoms with van der Waals surface area (Å²) in [7, 11) is -6.00. The highest BCUT2D eigenvalue weighted by Gasteiger charge is 2.44. The summed E-state index contributed by atoms with van der Waals surface area (Å²) in [5.74, 6) is 0.106. The average Bonchev–Trinajstić information content (AvgIpc) is 3.49. The molecule has 1 aromatic heterocycles. The Kier molecular flexibility index (Phi) is 9.65. The van der Waals surface area contributed by atoms with Gasteiger partial charge in [-0.3, -0.25) is 4.79 Å². The average molecular weight is 660 g/mol. The van der Waals surface area contributed by atoms with Crippen molar-refractivity contribution in [3.05, 3.63) is 149 Å². The van der Waals surface area contributed by atoms with E-state index in [0.717, 1.165) is 25.0 Å². The maximum absolute atomic E-state index is 14.4. The molecule has 5 rings (SSSR count). The van der Waals surface area contributed by atoms with Crippen molar-refractivity contribution in [2.24, 2.45) is 0 Å². The van der Waals surface area contributed by atoms with Crippen molar-refractivity contribution in [2.75, 3.05) is 0 Å². The lowest BCUT2D eigenvalue weighted by Crippen LogP contribution is -3.65. The fourth-order valence-electron chi connectivity index (χ4n) is 4.04. The summed E-state index contributed by atoms with van der Waals surface area (Å²) in [6.07, 6.45) is 1.72. The summed E-state index contributed by atoms with van der Waals surface area (Å²) in [6, 6.07) is 44.9. The van der Waals surface area contributed by atoms with Gasteiger partial charge >= 0.3 is 28.5 Å². The van der Waals surface area contributed by atoms with Gasteiger partial charge in [0.1, 0.15) is 5.50 Å². The quantitative estimate of drug-likeness (QED) is 0.0875. The minimum absolute atomic E-state index is 0.106. The number of halogens is 5. The van der Waals surface area contributed by atoms with E-state index >= 15 is 0 Å². The Hall–Kier alpha value is -3.36. The minimum Gasteiger partial charge on any atom is -0.464 e. The molecule has 0 fully saturated rings. The highest BCUT2D eigenvalue weighted by atomic mass is 127. The molecule has 0 aliphatic heterocycles. The zero-order chi connectivity index (χ0) is 27.7. The summed E-state index contributed by atoms with van der Waals surface area (Å²) in [4.78, 5) is 14.4. The smallest absolute Gasteiger partial charge is 0.464 e. The predicted octanol–water partition coefficient (Wildman–Crippen LogP) is 3.85. The maximum Gasteiger partial charge on any atom is 0.673 e. The number of furan rings is 1. The van der Waals surface area contributed by atoms with Gasteiger partial charge in [0.25, 0.3) is 3.30 Å². The number of hydrogen-bond donors (Lipinski definition) is 0. The first-order chi connectivity index (χ1) is 18.8. The van der Waals surface area contributed by atoms with Crippen LogP contribution in [0.5, 0.6) is 0 Å². The SMILES string of the molecule is F[B-](F)(F)F.O=C(C([I+]c1ccccc1)=P(c1ccccc1)(c1ccccc1)c1ccco1)c1ccccc1. The molecular weight excluding hydrogens is 637 g/mol. The van der Waals surface area contributed by atoms with Gasteiger partial charge in [-0.25, -0.2) is 0 Å². The van der Waals surface area contributed by atoms with Gasteiger partial charge in [-0.15, -0.1) is 0 Å². The fraction of sp³-hybridized carbons (Fsp3) is 0. The molecule has 2 nitrogen and oxygen atoms in total. The summed E-state index contributed by atoms with van der Waals surface area (Å²) < 4.78 is 47.4. The van der Waals surface area contributed by atoms with Crippen LogP contribution in [-0.4, -0.2) is 16.3 Å². The summed E-state index contributed by atoms with van der Waals surface area (Å²) in [5, 5.41) is 2.26. The van der Waals surface area contributed by atoms with Crippen molar-refractivity contribution in [1.82, 2.24) is 0 Å². The molecule has 5 aromatic rings. The first-order valence-corrected chi connectivity index (χ1v) is 15.8. The summed E-state index contributed by atoms with van der Waals surface area (Å²) in [6.45, 7) is -2.55. The van der Waals surface area contributed by atoms with Crippen molar-refractivity contribution in [3.8, 4) is 0 Å². The van der Waals surface area contributed by atoms with E-state index in [0.29, 0.717) is 0 Å². The highest BCUT2D eigenvalue weighted by Crippen LogP contribution is 2.45. The first-order valence-electron chi connectivity index (χ1n) is 11.9. The monoisotopic (exact) mass is 660 g/mol. The molecular formula is C30H23BF4IO2P. The van der Waals surface area contributed by atoms with Crippen molar-refractivity contribution in [3.63, 3.8) is 0 Å². The van der Waals surface area contributed by atoms with E-state index in [1.165, 1.54) is 3.57 Å². The molecule has 0 radical (unpaired) electrons. The number of benzene rings is 4. The molecule has 198 valence electrons. The Balaban J connectivity index is 0.000000648. The largest absolute Gasteiger partial charge is 0.673 e. The molecule has 0 saturated carbocycles. The van der Waals surface area contributed by atoms with Gasteiger partial charge in [0.15, 0.2) is 3.57 Å². The molecule has 0 aliphatic rings. The molecule has 9 heteroatoms. The molecule has 0 aliphatic carbocycles. The lowest BCUT2D eigenvalue weighted by atomic mass is 10.2. The van der Waals surface area contributed by atoms with Crippen LogP contribution in [0, 0.1) is 3.57 Å². The van der Waals surface area contributed by atoms with Crippen molar-refractivity contribution >= 4 is 39.3 Å². The molecule has 0 bridgehead atoms. The molecule has 0 saturated heterocycles. The van der Waals surface area contributed by atoms with E-state index in [-0.39, 0.29) is 5.78 Å². The first kappa shape index (κ1) is 28.6. The Morgan fingerprint density at radius 1 is 0.615 bits per heavy atom. The van der Waals surface area contributed by atoms with Crippen LogP contribution in [0.25, 0.3) is 0 Å². The summed E-state index contributed by atoms with van der Waals surface area (Å²) in [5.41, 5.74) is 1.58. The maximum atomic E-state index is 14.4. The van der Waals surface area contributed by atoms with Gasteiger partial charge in [0.05, 0.1) is 13.1 Å². The molecule has 0 unspecified atom stereocenters. The molecule has 1 heterocycles. The normalized spacial score (nSPS) is 11.3. The van der Waals surface area contributed by atoms with Gasteiger partial charge in [-0.2, -0.15) is 0 Å². The topological polar surface area (TPSA) is 30.2 Å². The third-order valence-corrected chi connectivity index (χ3v) is 14.5. The van der Waals surface area contributed by atoms with Crippen LogP contribution in [0.1, 0.15) is 10.4 Å². The van der Waals surface area contributed by atoms with Crippen molar-refractivity contribution in [2.45, 2.75) is 0 Å². The van der Waals surface area contributed by atoms with Crippen LogP contribution in [0.15, 0.2) is 144 Å². The van der Waals surface area contributed by atoms with Crippen LogP contribution in [0.3, 0.4) is 0 Å². The fourth-order valence-corrected chi connectivity index (χ4v) is 13.9. The lowest BCUT2D eigenvalue weighted by Gasteiger charge is -2.25. The van der Waals surface area contributed by atoms with Crippen LogP contribution in [-0.2, 0) is 0 Å². The minimum atomic E-state index is -6.00. The number of Topliss-reactive ketones (excluding diaryl/α,β-unsaturated/α-hetero) is 1. The molecule has 0 amide bonds. The number of hydrogen-bond acceptors (Lipinski definition) is 2. The van der Waals surface area contributed by atoms with Crippen LogP contribution in [0.4, 0.5) is 17.3 Å². The van der Waals surface area contributed by atoms with Crippen LogP contribution < -0.4 is 37.3 Å². The van der Waals surface area contributed by atoms with E-state index in [4.69, 9.17) is 4.42 Å². The second-order valence-electron chi connectivity index (χ2n) is 8.16. The van der Waals surface area contributed by atoms with Crippen LogP contribution in [0.2, 0.25) is 0 Å². The van der Waals surface area contributed by atoms with E-state index < -0.39 is 35.3 Å². The standard InChI is InChI=1S/C30H23IO2P.BF4/c32-29(24-14-5-1-6-15-24)30(31-25-16-7-2-8-17-25)34(28-22-13-23-33-28,26-18-9-3-10-19-26)27-20-11-4-12-21-27;2-1(3,4)5/h1-23H;/q+1;-1. The number of rotatable bonds is 7. The number of carbonyl (C=O) groups excluding carboxylic acids is 1. The van der Waals surface area contributed by atoms with E-state index in [1.54, 1.807) is 6.26 Å². The zero-order valence-electron chi connectivity index (χ0n) is 20.5. The van der Waals surface area contributed by atoms with E-state index in [1.807, 2.05) is 60.7 Å². The van der Waals surface area contributed by atoms with Gasteiger partial charge in [-0.1, -0.05) is 109 Å². The number of ketones is 1. The summed E-state index contributed by atoms with van der Waals surface area (Å²) >= 11 is -0.797. The lowest BCUT2D eigenvalue weighted by molar-refractivity contribution is -0.500. The van der Waals surface area contributed by atoms with Gasteiger partial charge in [-0.05, 0) is 34.9 Å². The van der Waals surface area contributed by atoms with E-state index in [2.05, 4.69) is 72.8 Å². The molecule has 0 N–H and O–H groups in total. The predicted molar refractivity (Wildman–Crippen MR) is 149 cm³/mol. The van der Waals surface area contributed by atoms with Gasteiger partial charge in [0, 0.05) is 5.56 Å². The van der Waals surface area contributed by atoms with Crippen molar-refractivity contribution in [1.29, 1.82) is 0 Å². The zero-order valence-corrected chi connectivity index (χ0v) is 23.6. The second kappa shape index (κ2) is 13.1. The highest BCUT2D eigenvalue weighted by molar-refractivity contribution is 7.95. The van der Waals surface area contributed by atoms with Crippen molar-refractivity contribution < 1.29 is 47.7 Å². The molecule has 4 aromatic carbocycles. The molecule has 39 heavy (non-hydrogen) atoms. The number of carbonyl (C=O) groups is 1. The third kappa shape index (κ3) is 7.19.